The fraction of sp³-hybridized carbons (Fsp3) is 0.200. The summed E-state index contributed by atoms with van der Waals surface area (Å²) in [4.78, 5) is 12.6. The summed E-state index contributed by atoms with van der Waals surface area (Å²) in [5, 5.41) is 8.50. The van der Waals surface area contributed by atoms with Crippen LogP contribution in [0, 0.1) is 6.92 Å². The number of hydrogen-bond donors (Lipinski definition) is 2. The first kappa shape index (κ1) is 21.0. The molecule has 0 saturated carbocycles. The summed E-state index contributed by atoms with van der Waals surface area (Å²) >= 11 is 1.60. The van der Waals surface area contributed by atoms with Crippen LogP contribution in [-0.4, -0.2) is 26.0 Å². The largest absolute Gasteiger partial charge is 0.354 e. The van der Waals surface area contributed by atoms with E-state index in [-0.39, 0.29) is 10.8 Å². The predicted octanol–water partition coefficient (Wildman–Crippen LogP) is 3.69. The van der Waals surface area contributed by atoms with E-state index in [9.17, 15) is 13.2 Å². The highest BCUT2D eigenvalue weighted by Gasteiger charge is 2.14. The summed E-state index contributed by atoms with van der Waals surface area (Å²) in [6.45, 7) is 3.49. The van der Waals surface area contributed by atoms with Gasteiger partial charge in [-0.1, -0.05) is 29.4 Å². The third kappa shape index (κ3) is 5.63. The summed E-state index contributed by atoms with van der Waals surface area (Å²) in [5.74, 6) is 0.205. The average Bonchev–Trinajstić information content (AvgIpc) is 3.31. The van der Waals surface area contributed by atoms with E-state index >= 15 is 0 Å². The Hall–Kier alpha value is -2.75. The van der Waals surface area contributed by atoms with E-state index in [4.69, 9.17) is 4.52 Å². The number of hydrogen-bond acceptors (Lipinski definition) is 6. The van der Waals surface area contributed by atoms with Gasteiger partial charge in [-0.3, -0.25) is 4.79 Å². The Morgan fingerprint density at radius 1 is 1.21 bits per heavy atom. The lowest BCUT2D eigenvalue weighted by atomic mass is 10.2. The van der Waals surface area contributed by atoms with Crippen molar-refractivity contribution in [3.63, 3.8) is 0 Å². The first-order valence-corrected chi connectivity index (χ1v) is 11.3. The molecule has 3 aromatic rings. The number of benzene rings is 1. The Morgan fingerprint density at radius 2 is 1.97 bits per heavy atom. The van der Waals surface area contributed by atoms with Crippen LogP contribution in [0.25, 0.3) is 12.2 Å². The number of anilines is 1. The molecule has 0 unspecified atom stereocenters. The number of rotatable bonds is 8. The minimum atomic E-state index is -3.56. The fourth-order valence-electron chi connectivity index (χ4n) is 2.61. The molecule has 2 aromatic heterocycles. The van der Waals surface area contributed by atoms with E-state index in [1.807, 2.05) is 17.5 Å². The standard InChI is InChI=1S/C20H21N3O4S2/c1-14-20(22-15(2)24)19(27-23-14)10-7-16-5-8-18(9-6-16)29(25,26)21-12-11-17-4-3-13-28-17/h3-10,13,21H,11-12H2,1-2H3,(H,22,24)/b10-7-. The number of aromatic nitrogens is 1. The van der Waals surface area contributed by atoms with Gasteiger partial charge >= 0.3 is 0 Å². The third-order valence-electron chi connectivity index (χ3n) is 4.05. The monoisotopic (exact) mass is 431 g/mol. The summed E-state index contributed by atoms with van der Waals surface area (Å²) in [7, 11) is -3.56. The van der Waals surface area contributed by atoms with Crippen LogP contribution < -0.4 is 10.0 Å². The van der Waals surface area contributed by atoms with Gasteiger partial charge in [0.1, 0.15) is 11.4 Å². The molecule has 9 heteroatoms. The molecular weight excluding hydrogens is 410 g/mol. The van der Waals surface area contributed by atoms with Gasteiger partial charge in [0.2, 0.25) is 15.9 Å². The van der Waals surface area contributed by atoms with Gasteiger partial charge in [0.05, 0.1) is 4.90 Å². The van der Waals surface area contributed by atoms with Crippen molar-refractivity contribution < 1.29 is 17.7 Å². The molecule has 2 N–H and O–H groups in total. The molecule has 7 nitrogen and oxygen atoms in total. The molecule has 0 aliphatic rings. The van der Waals surface area contributed by atoms with Gasteiger partial charge in [-0.25, -0.2) is 13.1 Å². The van der Waals surface area contributed by atoms with Crippen molar-refractivity contribution in [2.24, 2.45) is 0 Å². The Balaban J connectivity index is 1.65. The van der Waals surface area contributed by atoms with E-state index in [1.165, 1.54) is 6.92 Å². The van der Waals surface area contributed by atoms with Crippen molar-refractivity contribution in [2.75, 3.05) is 11.9 Å². The van der Waals surface area contributed by atoms with Crippen LogP contribution in [0.5, 0.6) is 0 Å². The molecule has 1 aromatic carbocycles. The molecule has 2 heterocycles. The number of sulfonamides is 1. The molecule has 0 radical (unpaired) electrons. The van der Waals surface area contributed by atoms with Crippen LogP contribution in [-0.2, 0) is 21.2 Å². The molecule has 0 bridgehead atoms. The highest BCUT2D eigenvalue weighted by molar-refractivity contribution is 7.89. The van der Waals surface area contributed by atoms with Crippen LogP contribution >= 0.6 is 11.3 Å². The average molecular weight is 432 g/mol. The van der Waals surface area contributed by atoms with E-state index in [1.54, 1.807) is 54.7 Å². The molecule has 152 valence electrons. The van der Waals surface area contributed by atoms with Crippen molar-refractivity contribution in [3.05, 3.63) is 63.7 Å². The third-order valence-corrected chi connectivity index (χ3v) is 6.46. The smallest absolute Gasteiger partial charge is 0.240 e. The maximum absolute atomic E-state index is 12.4. The van der Waals surface area contributed by atoms with Gasteiger partial charge in [-0.15, -0.1) is 11.3 Å². The Morgan fingerprint density at radius 3 is 2.62 bits per heavy atom. The lowest BCUT2D eigenvalue weighted by Gasteiger charge is -2.06. The first-order valence-electron chi connectivity index (χ1n) is 8.89. The molecule has 0 aliphatic carbocycles. The summed E-state index contributed by atoms with van der Waals surface area (Å²) < 4.78 is 32.7. The number of nitrogens with zero attached hydrogens (tertiary/aromatic N) is 1. The molecule has 0 saturated heterocycles. The van der Waals surface area contributed by atoms with E-state index in [2.05, 4.69) is 15.2 Å². The van der Waals surface area contributed by atoms with Gasteiger partial charge in [0, 0.05) is 18.3 Å². The molecule has 0 atom stereocenters. The van der Waals surface area contributed by atoms with Crippen molar-refractivity contribution in [3.8, 4) is 0 Å². The van der Waals surface area contributed by atoms with E-state index in [0.717, 1.165) is 10.4 Å². The highest BCUT2D eigenvalue weighted by Crippen LogP contribution is 2.22. The second kappa shape index (κ2) is 9.17. The topological polar surface area (TPSA) is 101 Å². The highest BCUT2D eigenvalue weighted by atomic mass is 32.2. The predicted molar refractivity (Wildman–Crippen MR) is 114 cm³/mol. The molecule has 0 spiro atoms. The quantitative estimate of drug-likeness (QED) is 0.566. The van der Waals surface area contributed by atoms with E-state index < -0.39 is 10.0 Å². The molecule has 1 amide bonds. The number of nitrogens with one attached hydrogen (secondary N) is 2. The molecule has 0 fully saturated rings. The zero-order valence-electron chi connectivity index (χ0n) is 16.0. The minimum Gasteiger partial charge on any atom is -0.354 e. The second-order valence-corrected chi connectivity index (χ2v) is 9.12. The number of carbonyl (C=O) groups is 1. The normalized spacial score (nSPS) is 11.8. The lowest BCUT2D eigenvalue weighted by molar-refractivity contribution is -0.114. The van der Waals surface area contributed by atoms with Gasteiger partial charge in [0.25, 0.3) is 0 Å². The zero-order chi connectivity index (χ0) is 20.9. The number of thiophene rings is 1. The Kier molecular flexibility index (Phi) is 6.63. The fourth-order valence-corrected chi connectivity index (χ4v) is 4.35. The van der Waals surface area contributed by atoms with Crippen molar-refractivity contribution in [2.45, 2.75) is 25.2 Å². The van der Waals surface area contributed by atoms with Gasteiger partial charge in [-0.05, 0) is 48.6 Å². The van der Waals surface area contributed by atoms with Crippen LogP contribution in [0.3, 0.4) is 0 Å². The second-order valence-electron chi connectivity index (χ2n) is 6.32. The molecule has 0 aliphatic heterocycles. The minimum absolute atomic E-state index is 0.204. The van der Waals surface area contributed by atoms with Crippen molar-refractivity contribution in [1.82, 2.24) is 9.88 Å². The number of carbonyl (C=O) groups excluding carboxylic acids is 1. The first-order chi connectivity index (χ1) is 13.8. The van der Waals surface area contributed by atoms with Gasteiger partial charge in [-0.2, -0.15) is 0 Å². The maximum atomic E-state index is 12.4. The Labute approximate surface area is 173 Å². The molecule has 29 heavy (non-hydrogen) atoms. The SMILES string of the molecule is CC(=O)Nc1c(C)noc1/C=C\c1ccc(S(=O)(=O)NCCc2cccs2)cc1. The molecule has 3 rings (SSSR count). The number of aryl methyl sites for hydroxylation is 1. The summed E-state index contributed by atoms with van der Waals surface area (Å²) in [6, 6.07) is 10.4. The van der Waals surface area contributed by atoms with Crippen molar-refractivity contribution >= 4 is 45.1 Å². The van der Waals surface area contributed by atoms with Crippen LogP contribution in [0.15, 0.2) is 51.2 Å². The van der Waals surface area contributed by atoms with Crippen LogP contribution in [0.1, 0.15) is 28.8 Å². The molecular formula is C20H21N3O4S2. The van der Waals surface area contributed by atoms with E-state index in [0.29, 0.717) is 30.1 Å². The van der Waals surface area contributed by atoms with Gasteiger partial charge in [0.15, 0.2) is 5.76 Å². The van der Waals surface area contributed by atoms with Crippen LogP contribution in [0.4, 0.5) is 5.69 Å². The number of amides is 1. The Bertz CT molecular complexity index is 1100. The zero-order valence-corrected chi connectivity index (χ0v) is 17.6. The van der Waals surface area contributed by atoms with Crippen LogP contribution in [0.2, 0.25) is 0 Å². The lowest BCUT2D eigenvalue weighted by Crippen LogP contribution is -2.25. The maximum Gasteiger partial charge on any atom is 0.240 e. The summed E-state index contributed by atoms with van der Waals surface area (Å²) in [5.41, 5.74) is 1.88. The van der Waals surface area contributed by atoms with Gasteiger partial charge < -0.3 is 9.84 Å². The summed E-state index contributed by atoms with van der Waals surface area (Å²) in [6.07, 6.45) is 4.09. The van der Waals surface area contributed by atoms with Crippen molar-refractivity contribution in [1.29, 1.82) is 0 Å².